The van der Waals surface area contributed by atoms with Gasteiger partial charge < -0.3 is 11.5 Å². The van der Waals surface area contributed by atoms with E-state index in [4.69, 9.17) is 11.5 Å². The maximum Gasteiger partial charge on any atom is 0.219 e. The smallest absolute Gasteiger partial charge is 0.219 e. The first-order chi connectivity index (χ1) is 8.16. The molecule has 2 rings (SSSR count). The summed E-state index contributed by atoms with van der Waals surface area (Å²) in [7, 11) is 0. The van der Waals surface area contributed by atoms with Crippen LogP contribution in [0.4, 0.5) is 0 Å². The fourth-order valence-electron chi connectivity index (χ4n) is 1.49. The Morgan fingerprint density at radius 1 is 1.35 bits per heavy atom. The Morgan fingerprint density at radius 2 is 2.06 bits per heavy atom. The molecule has 0 aliphatic carbocycles. The Balaban J connectivity index is 2.19. The molecule has 0 aliphatic rings. The molecule has 0 saturated heterocycles. The molecular weight excluding hydrogens is 234 g/mol. The summed E-state index contributed by atoms with van der Waals surface area (Å²) in [6.45, 7) is 0. The summed E-state index contributed by atoms with van der Waals surface area (Å²) in [5.74, 6) is -0.410. The van der Waals surface area contributed by atoms with Crippen LogP contribution in [0.1, 0.15) is 18.2 Å². The summed E-state index contributed by atoms with van der Waals surface area (Å²) in [6.07, 6.45) is 0.123. The molecule has 0 fully saturated rings. The number of primary amides is 1. The molecule has 17 heavy (non-hydrogen) atoms. The van der Waals surface area contributed by atoms with Crippen molar-refractivity contribution in [3.8, 4) is 10.6 Å². The predicted molar refractivity (Wildman–Crippen MR) is 68.3 cm³/mol. The summed E-state index contributed by atoms with van der Waals surface area (Å²) in [5.41, 5.74) is 12.7. The van der Waals surface area contributed by atoms with E-state index in [1.54, 1.807) is 0 Å². The molecule has 4 nitrogen and oxygen atoms in total. The Kier molecular flexibility index (Phi) is 3.51. The zero-order chi connectivity index (χ0) is 12.3. The minimum atomic E-state index is -0.416. The van der Waals surface area contributed by atoms with E-state index in [0.29, 0.717) is 5.69 Å². The average Bonchev–Trinajstić information content (AvgIpc) is 2.78. The number of carbonyl (C=O) groups excluding carboxylic acids is 1. The van der Waals surface area contributed by atoms with Crippen LogP contribution in [-0.2, 0) is 4.79 Å². The highest BCUT2D eigenvalue weighted by Crippen LogP contribution is 2.26. The first-order valence-corrected chi connectivity index (χ1v) is 6.09. The van der Waals surface area contributed by atoms with E-state index in [2.05, 4.69) is 4.98 Å². The van der Waals surface area contributed by atoms with E-state index < -0.39 is 11.9 Å². The maximum atomic E-state index is 10.8. The van der Waals surface area contributed by atoms with Crippen LogP contribution in [0.2, 0.25) is 0 Å². The number of carbonyl (C=O) groups is 1. The first-order valence-electron chi connectivity index (χ1n) is 5.21. The maximum absolute atomic E-state index is 10.8. The summed E-state index contributed by atoms with van der Waals surface area (Å²) in [6, 6.07) is 9.43. The highest BCUT2D eigenvalue weighted by Gasteiger charge is 2.13. The average molecular weight is 247 g/mol. The van der Waals surface area contributed by atoms with Crippen molar-refractivity contribution in [2.45, 2.75) is 12.5 Å². The topological polar surface area (TPSA) is 82.0 Å². The molecule has 4 N–H and O–H groups in total. The van der Waals surface area contributed by atoms with Crippen molar-refractivity contribution in [2.24, 2.45) is 11.5 Å². The molecular formula is C12H13N3OS. The molecule has 5 heteroatoms. The standard InChI is InChI=1S/C12H13N3OS/c13-9(6-11(14)16)10-7-17-12(15-10)8-4-2-1-3-5-8/h1-5,7,9H,6,13H2,(H2,14,16). The van der Waals surface area contributed by atoms with Crippen LogP contribution in [0.25, 0.3) is 10.6 Å². The molecule has 1 atom stereocenters. The van der Waals surface area contributed by atoms with Crippen molar-refractivity contribution < 1.29 is 4.79 Å². The minimum absolute atomic E-state index is 0.123. The molecule has 1 unspecified atom stereocenters. The zero-order valence-corrected chi connectivity index (χ0v) is 9.98. The van der Waals surface area contributed by atoms with Gasteiger partial charge in [-0.1, -0.05) is 30.3 Å². The van der Waals surface area contributed by atoms with Crippen molar-refractivity contribution in [1.29, 1.82) is 0 Å². The second kappa shape index (κ2) is 5.07. The minimum Gasteiger partial charge on any atom is -0.370 e. The number of hydrogen-bond donors (Lipinski definition) is 2. The fraction of sp³-hybridized carbons (Fsp3) is 0.167. The third-order valence-electron chi connectivity index (χ3n) is 2.34. The van der Waals surface area contributed by atoms with Crippen LogP contribution in [-0.4, -0.2) is 10.9 Å². The van der Waals surface area contributed by atoms with Crippen LogP contribution in [0, 0.1) is 0 Å². The second-order valence-corrected chi connectivity index (χ2v) is 4.58. The van der Waals surface area contributed by atoms with Gasteiger partial charge in [0, 0.05) is 17.4 Å². The monoisotopic (exact) mass is 247 g/mol. The van der Waals surface area contributed by atoms with Gasteiger partial charge in [0.2, 0.25) is 5.91 Å². The van der Waals surface area contributed by atoms with E-state index in [-0.39, 0.29) is 6.42 Å². The van der Waals surface area contributed by atoms with Gasteiger partial charge in [0.05, 0.1) is 11.7 Å². The lowest BCUT2D eigenvalue weighted by atomic mass is 10.1. The third-order valence-corrected chi connectivity index (χ3v) is 3.25. The van der Waals surface area contributed by atoms with Crippen LogP contribution in [0.5, 0.6) is 0 Å². The highest BCUT2D eigenvalue weighted by atomic mass is 32.1. The van der Waals surface area contributed by atoms with Gasteiger partial charge in [-0.3, -0.25) is 4.79 Å². The lowest BCUT2D eigenvalue weighted by molar-refractivity contribution is -0.118. The Labute approximate surface area is 103 Å². The molecule has 0 saturated carbocycles. The molecule has 2 aromatic rings. The quantitative estimate of drug-likeness (QED) is 0.862. The number of thiazole rings is 1. The largest absolute Gasteiger partial charge is 0.370 e. The third kappa shape index (κ3) is 2.89. The van der Waals surface area contributed by atoms with Crippen molar-refractivity contribution >= 4 is 17.2 Å². The van der Waals surface area contributed by atoms with E-state index in [1.807, 2.05) is 35.7 Å². The van der Waals surface area contributed by atoms with E-state index >= 15 is 0 Å². The van der Waals surface area contributed by atoms with Gasteiger partial charge >= 0.3 is 0 Å². The predicted octanol–water partition coefficient (Wildman–Crippen LogP) is 1.69. The van der Waals surface area contributed by atoms with Crippen LogP contribution in [0.3, 0.4) is 0 Å². The summed E-state index contributed by atoms with van der Waals surface area (Å²) >= 11 is 1.51. The fourth-order valence-corrected chi connectivity index (χ4v) is 2.38. The van der Waals surface area contributed by atoms with Crippen molar-refractivity contribution in [3.63, 3.8) is 0 Å². The lowest BCUT2D eigenvalue weighted by Crippen LogP contribution is -2.20. The molecule has 1 aromatic carbocycles. The molecule has 0 bridgehead atoms. The Hall–Kier alpha value is -1.72. The highest BCUT2D eigenvalue weighted by molar-refractivity contribution is 7.13. The summed E-state index contributed by atoms with van der Waals surface area (Å²) in [4.78, 5) is 15.2. The van der Waals surface area contributed by atoms with Gasteiger partial charge in [0.25, 0.3) is 0 Å². The molecule has 0 radical (unpaired) electrons. The normalized spacial score (nSPS) is 12.3. The molecule has 88 valence electrons. The van der Waals surface area contributed by atoms with Gasteiger partial charge in [-0.2, -0.15) is 0 Å². The number of hydrogen-bond acceptors (Lipinski definition) is 4. The SMILES string of the molecule is NC(=O)CC(N)c1csc(-c2ccccc2)n1. The van der Waals surface area contributed by atoms with E-state index in [9.17, 15) is 4.79 Å². The van der Waals surface area contributed by atoms with Crippen molar-refractivity contribution in [2.75, 3.05) is 0 Å². The van der Waals surface area contributed by atoms with Crippen LogP contribution in [0.15, 0.2) is 35.7 Å². The van der Waals surface area contributed by atoms with Gasteiger partial charge in [-0.05, 0) is 0 Å². The first kappa shape index (κ1) is 11.8. The van der Waals surface area contributed by atoms with Crippen LogP contribution < -0.4 is 11.5 Å². The number of nitrogens with zero attached hydrogens (tertiary/aromatic N) is 1. The van der Waals surface area contributed by atoms with Gasteiger partial charge in [0.15, 0.2) is 0 Å². The zero-order valence-electron chi connectivity index (χ0n) is 9.17. The Morgan fingerprint density at radius 3 is 2.71 bits per heavy atom. The number of amides is 1. The van der Waals surface area contributed by atoms with Crippen LogP contribution >= 0.6 is 11.3 Å². The molecule has 0 aliphatic heterocycles. The molecule has 1 amide bonds. The number of benzene rings is 1. The van der Waals surface area contributed by atoms with E-state index in [0.717, 1.165) is 10.6 Å². The second-order valence-electron chi connectivity index (χ2n) is 3.72. The molecule has 1 aromatic heterocycles. The summed E-state index contributed by atoms with van der Waals surface area (Å²) in [5, 5.41) is 2.77. The van der Waals surface area contributed by atoms with Gasteiger partial charge in [-0.15, -0.1) is 11.3 Å². The molecule has 1 heterocycles. The summed E-state index contributed by atoms with van der Waals surface area (Å²) < 4.78 is 0. The van der Waals surface area contributed by atoms with E-state index in [1.165, 1.54) is 11.3 Å². The van der Waals surface area contributed by atoms with Gasteiger partial charge in [0.1, 0.15) is 5.01 Å². The lowest BCUT2D eigenvalue weighted by Gasteiger charge is -2.04. The van der Waals surface area contributed by atoms with Crippen molar-refractivity contribution in [1.82, 2.24) is 4.98 Å². The number of aromatic nitrogens is 1. The Bertz CT molecular complexity index is 509. The van der Waals surface area contributed by atoms with Crippen molar-refractivity contribution in [3.05, 3.63) is 41.4 Å². The number of nitrogens with two attached hydrogens (primary N) is 2. The molecule has 0 spiro atoms. The number of rotatable bonds is 4. The van der Waals surface area contributed by atoms with Gasteiger partial charge in [-0.25, -0.2) is 4.98 Å².